The van der Waals surface area contributed by atoms with Gasteiger partial charge in [-0.2, -0.15) is 5.10 Å². The van der Waals surface area contributed by atoms with E-state index in [2.05, 4.69) is 10.4 Å². The van der Waals surface area contributed by atoms with E-state index in [1.54, 1.807) is 41.9 Å². The van der Waals surface area contributed by atoms with Crippen molar-refractivity contribution >= 4 is 36.8 Å². The summed E-state index contributed by atoms with van der Waals surface area (Å²) in [4.78, 5) is 18.2. The maximum absolute atomic E-state index is 13.6. The van der Waals surface area contributed by atoms with Gasteiger partial charge in [-0.05, 0) is 67.8 Å². The van der Waals surface area contributed by atoms with Gasteiger partial charge in [-0.15, -0.1) is 0 Å². The van der Waals surface area contributed by atoms with Crippen LogP contribution in [0.2, 0.25) is 0 Å². The first kappa shape index (κ1) is 26.9. The van der Waals surface area contributed by atoms with E-state index in [1.807, 2.05) is 0 Å². The minimum atomic E-state index is -3.79. The van der Waals surface area contributed by atoms with Crippen molar-refractivity contribution in [3.63, 3.8) is 0 Å². The summed E-state index contributed by atoms with van der Waals surface area (Å²) < 4.78 is 62.4. The molecule has 0 bridgehead atoms. The number of carbonyl (C=O) groups is 1. The molecule has 5 rings (SSSR count). The van der Waals surface area contributed by atoms with Gasteiger partial charge in [0.1, 0.15) is 5.82 Å². The van der Waals surface area contributed by atoms with E-state index in [9.17, 15) is 26.0 Å². The number of sulfone groups is 1. The van der Waals surface area contributed by atoms with E-state index in [4.69, 9.17) is 10.1 Å². The number of amides is 1. The number of carbonyl (C=O) groups excluding carboxylic acids is 1. The second-order valence-corrected chi connectivity index (χ2v) is 13.3. The average Bonchev–Trinajstić information content (AvgIpc) is 3.42. The number of benzene rings is 2. The number of aryl methyl sites for hydroxylation is 1. The van der Waals surface area contributed by atoms with Crippen LogP contribution in [0.1, 0.15) is 34.1 Å². The number of fused-ring (bicyclic) bond motifs is 1. The van der Waals surface area contributed by atoms with Crippen LogP contribution in [0.4, 0.5) is 4.39 Å². The summed E-state index contributed by atoms with van der Waals surface area (Å²) in [6, 6.07) is 13.0. The van der Waals surface area contributed by atoms with Gasteiger partial charge in [-0.1, -0.05) is 12.1 Å². The van der Waals surface area contributed by atoms with Crippen LogP contribution in [0.15, 0.2) is 59.5 Å². The highest BCUT2D eigenvalue weighted by Crippen LogP contribution is 2.32. The molecule has 3 heterocycles. The molecule has 1 unspecified atom stereocenters. The number of sulfonamides is 1. The van der Waals surface area contributed by atoms with Crippen LogP contribution in [-0.2, 0) is 26.3 Å². The standard InChI is InChI=1S/C26H26FN5O5S2/c1-16-24-22(26(33)29-12-10-17-2-8-21(9-3-17)39(28,36)37)14-23(18-4-6-19(27)7-5-18)30-25(24)32(31-16)20-11-13-38(34,35)15-20/h2-9,14,20H,10-13,15H2,1H3,(H,29,33)(H2,28,36,37). The summed E-state index contributed by atoms with van der Waals surface area (Å²) in [6.45, 7) is 2.00. The zero-order valence-corrected chi connectivity index (χ0v) is 22.6. The molecular formula is C26H26FN5O5S2. The molecule has 1 aliphatic heterocycles. The number of nitrogens with zero attached hydrogens (tertiary/aromatic N) is 3. The van der Waals surface area contributed by atoms with Crippen molar-refractivity contribution in [3.8, 4) is 11.3 Å². The Morgan fingerprint density at radius 2 is 1.85 bits per heavy atom. The van der Waals surface area contributed by atoms with Crippen LogP contribution in [-0.4, -0.2) is 55.6 Å². The lowest BCUT2D eigenvalue weighted by Gasteiger charge is -2.12. The summed E-state index contributed by atoms with van der Waals surface area (Å²) in [5, 5.41) is 13.1. The fourth-order valence-corrected chi connectivity index (χ4v) is 6.95. The predicted octanol–water partition coefficient (Wildman–Crippen LogP) is 2.53. The minimum absolute atomic E-state index is 0.00494. The van der Waals surface area contributed by atoms with Crippen LogP contribution < -0.4 is 10.5 Å². The average molecular weight is 572 g/mol. The number of nitrogens with one attached hydrogen (secondary N) is 1. The number of primary sulfonamides is 1. The maximum Gasteiger partial charge on any atom is 0.252 e. The number of nitrogens with two attached hydrogens (primary N) is 1. The van der Waals surface area contributed by atoms with Crippen molar-refractivity contribution in [2.75, 3.05) is 18.1 Å². The fraction of sp³-hybridized carbons (Fsp3) is 0.269. The highest BCUT2D eigenvalue weighted by atomic mass is 32.2. The Balaban J connectivity index is 1.48. The highest BCUT2D eigenvalue weighted by Gasteiger charge is 2.32. The molecule has 2 aromatic carbocycles. The Kier molecular flexibility index (Phi) is 6.99. The first-order valence-corrected chi connectivity index (χ1v) is 15.5. The van der Waals surface area contributed by atoms with E-state index < -0.39 is 31.7 Å². The summed E-state index contributed by atoms with van der Waals surface area (Å²) in [5.74, 6) is -0.792. The summed E-state index contributed by atoms with van der Waals surface area (Å²) in [6.07, 6.45) is 0.834. The van der Waals surface area contributed by atoms with Crippen molar-refractivity contribution in [1.29, 1.82) is 0 Å². The van der Waals surface area contributed by atoms with Gasteiger partial charge >= 0.3 is 0 Å². The highest BCUT2D eigenvalue weighted by molar-refractivity contribution is 7.91. The number of halogens is 1. The molecular weight excluding hydrogens is 545 g/mol. The molecule has 10 nitrogen and oxygen atoms in total. The van der Waals surface area contributed by atoms with Gasteiger partial charge in [-0.25, -0.2) is 36.0 Å². The molecule has 0 saturated carbocycles. The third kappa shape index (κ3) is 5.70. The Morgan fingerprint density at radius 3 is 2.46 bits per heavy atom. The lowest BCUT2D eigenvalue weighted by Crippen LogP contribution is -2.26. The number of hydrogen-bond acceptors (Lipinski definition) is 7. The molecule has 0 aliphatic carbocycles. The van der Waals surface area contributed by atoms with Gasteiger partial charge in [0, 0.05) is 12.1 Å². The third-order valence-electron chi connectivity index (χ3n) is 6.73. The molecule has 3 N–H and O–H groups in total. The van der Waals surface area contributed by atoms with E-state index in [0.29, 0.717) is 46.4 Å². The minimum Gasteiger partial charge on any atom is -0.352 e. The van der Waals surface area contributed by atoms with Crippen LogP contribution in [0.25, 0.3) is 22.3 Å². The first-order valence-electron chi connectivity index (χ1n) is 12.2. The van der Waals surface area contributed by atoms with Gasteiger partial charge in [0.05, 0.1) is 44.8 Å². The molecule has 1 fully saturated rings. The molecule has 0 spiro atoms. The Morgan fingerprint density at radius 1 is 1.15 bits per heavy atom. The third-order valence-corrected chi connectivity index (χ3v) is 9.41. The quantitative estimate of drug-likeness (QED) is 0.345. The molecule has 1 amide bonds. The SMILES string of the molecule is Cc1nn(C2CCS(=O)(=O)C2)c2nc(-c3ccc(F)cc3)cc(C(=O)NCCc3ccc(S(N)(=O)=O)cc3)c12. The largest absolute Gasteiger partial charge is 0.352 e. The molecule has 39 heavy (non-hydrogen) atoms. The smallest absolute Gasteiger partial charge is 0.252 e. The monoisotopic (exact) mass is 571 g/mol. The Hall–Kier alpha value is -3.68. The lowest BCUT2D eigenvalue weighted by atomic mass is 10.0. The van der Waals surface area contributed by atoms with Gasteiger partial charge in [0.15, 0.2) is 15.5 Å². The summed E-state index contributed by atoms with van der Waals surface area (Å²) in [5.41, 5.74) is 3.06. The topological polar surface area (TPSA) is 154 Å². The molecule has 2 aromatic heterocycles. The maximum atomic E-state index is 13.6. The molecule has 0 radical (unpaired) electrons. The normalized spacial score (nSPS) is 16.9. The van der Waals surface area contributed by atoms with Crippen molar-refractivity contribution < 1.29 is 26.0 Å². The molecule has 204 valence electrons. The van der Waals surface area contributed by atoms with Gasteiger partial charge in [0.25, 0.3) is 5.91 Å². The van der Waals surface area contributed by atoms with Crippen LogP contribution in [0.3, 0.4) is 0 Å². The second-order valence-electron chi connectivity index (χ2n) is 9.54. The summed E-state index contributed by atoms with van der Waals surface area (Å²) in [7, 11) is -6.99. The number of hydrogen-bond donors (Lipinski definition) is 2. The van der Waals surface area contributed by atoms with E-state index in [0.717, 1.165) is 5.56 Å². The zero-order valence-electron chi connectivity index (χ0n) is 21.0. The Bertz CT molecular complexity index is 1790. The lowest BCUT2D eigenvalue weighted by molar-refractivity contribution is 0.0955. The van der Waals surface area contributed by atoms with Crippen molar-refractivity contribution in [2.24, 2.45) is 5.14 Å². The molecule has 13 heteroatoms. The predicted molar refractivity (Wildman–Crippen MR) is 144 cm³/mol. The van der Waals surface area contributed by atoms with Crippen molar-refractivity contribution in [2.45, 2.75) is 30.7 Å². The van der Waals surface area contributed by atoms with E-state index in [1.165, 1.54) is 24.3 Å². The van der Waals surface area contributed by atoms with Crippen LogP contribution in [0, 0.1) is 12.7 Å². The molecule has 1 aliphatic rings. The van der Waals surface area contributed by atoms with Crippen molar-refractivity contribution in [1.82, 2.24) is 20.1 Å². The van der Waals surface area contributed by atoms with Crippen LogP contribution in [0.5, 0.6) is 0 Å². The van der Waals surface area contributed by atoms with E-state index >= 15 is 0 Å². The number of pyridine rings is 1. The Labute approximate surface area is 225 Å². The van der Waals surface area contributed by atoms with Crippen molar-refractivity contribution in [3.05, 3.63) is 77.2 Å². The fourth-order valence-electron chi connectivity index (χ4n) is 4.74. The summed E-state index contributed by atoms with van der Waals surface area (Å²) >= 11 is 0. The first-order chi connectivity index (χ1) is 18.4. The van der Waals surface area contributed by atoms with E-state index in [-0.39, 0.29) is 28.9 Å². The molecule has 1 atom stereocenters. The number of rotatable bonds is 7. The second kappa shape index (κ2) is 10.1. The number of aromatic nitrogens is 3. The van der Waals surface area contributed by atoms with Gasteiger partial charge in [0.2, 0.25) is 10.0 Å². The van der Waals surface area contributed by atoms with Gasteiger partial charge < -0.3 is 5.32 Å². The van der Waals surface area contributed by atoms with Crippen LogP contribution >= 0.6 is 0 Å². The molecule has 4 aromatic rings. The molecule has 1 saturated heterocycles. The van der Waals surface area contributed by atoms with Gasteiger partial charge in [-0.3, -0.25) is 4.79 Å². The zero-order chi connectivity index (χ0) is 27.9.